The number of ether oxygens (including phenoxy) is 2. The van der Waals surface area contributed by atoms with E-state index in [1.807, 2.05) is 45.0 Å². The van der Waals surface area contributed by atoms with Crippen LogP contribution in [0.1, 0.15) is 26.3 Å². The summed E-state index contributed by atoms with van der Waals surface area (Å²) in [6, 6.07) is 7.46. The summed E-state index contributed by atoms with van der Waals surface area (Å²) in [5.74, 6) is 0.736. The molecule has 0 atom stereocenters. The molecule has 0 unspecified atom stereocenters. The second kappa shape index (κ2) is 11.9. The molecule has 3 N–H and O–H groups in total. The van der Waals surface area contributed by atoms with E-state index in [-0.39, 0.29) is 29.6 Å². The number of halogens is 1. The molecule has 0 heterocycles. The first-order valence-corrected chi connectivity index (χ1v) is 7.91. The highest BCUT2D eigenvalue weighted by Gasteiger charge is 2.16. The van der Waals surface area contributed by atoms with Gasteiger partial charge in [0, 0.05) is 25.9 Å². The van der Waals surface area contributed by atoms with Gasteiger partial charge >= 0.3 is 6.09 Å². The molecule has 0 spiro atoms. The zero-order valence-corrected chi connectivity index (χ0v) is 17.8. The SMILES string of the molecule is CCNC(=NCc1ccc(NC(=O)OC)cc1)NCC(C)(C)OC.I. The van der Waals surface area contributed by atoms with Crippen molar-refractivity contribution in [3.05, 3.63) is 29.8 Å². The van der Waals surface area contributed by atoms with Crippen LogP contribution in [0.25, 0.3) is 0 Å². The van der Waals surface area contributed by atoms with Gasteiger partial charge in [-0.25, -0.2) is 9.79 Å². The number of guanidine groups is 1. The second-order valence-corrected chi connectivity index (χ2v) is 5.83. The zero-order valence-electron chi connectivity index (χ0n) is 15.5. The van der Waals surface area contributed by atoms with Crippen molar-refractivity contribution in [1.29, 1.82) is 0 Å². The van der Waals surface area contributed by atoms with Crippen LogP contribution in [0, 0.1) is 0 Å². The number of nitrogens with one attached hydrogen (secondary N) is 3. The minimum absolute atomic E-state index is 0. The summed E-state index contributed by atoms with van der Waals surface area (Å²) in [7, 11) is 3.02. The number of methoxy groups -OCH3 is 2. The average Bonchev–Trinajstić information content (AvgIpc) is 2.58. The van der Waals surface area contributed by atoms with Gasteiger partial charge in [0.15, 0.2) is 5.96 Å². The normalized spacial score (nSPS) is 11.3. The lowest BCUT2D eigenvalue weighted by atomic mass is 10.1. The van der Waals surface area contributed by atoms with Gasteiger partial charge in [0.25, 0.3) is 0 Å². The second-order valence-electron chi connectivity index (χ2n) is 5.83. The fourth-order valence-electron chi connectivity index (χ4n) is 1.74. The minimum atomic E-state index is -0.486. The van der Waals surface area contributed by atoms with Crippen LogP contribution in [0.4, 0.5) is 10.5 Å². The van der Waals surface area contributed by atoms with Crippen LogP contribution >= 0.6 is 24.0 Å². The number of benzene rings is 1. The van der Waals surface area contributed by atoms with Gasteiger partial charge in [-0.2, -0.15) is 0 Å². The Morgan fingerprint density at radius 3 is 2.32 bits per heavy atom. The van der Waals surface area contributed by atoms with Gasteiger partial charge in [0.05, 0.1) is 19.3 Å². The van der Waals surface area contributed by atoms with Crippen molar-refractivity contribution < 1.29 is 14.3 Å². The lowest BCUT2D eigenvalue weighted by Gasteiger charge is -2.24. The number of carbonyl (C=O) groups is 1. The number of aliphatic imine (C=N–C) groups is 1. The Labute approximate surface area is 167 Å². The van der Waals surface area contributed by atoms with Gasteiger partial charge in [-0.15, -0.1) is 24.0 Å². The average molecular weight is 464 g/mol. The van der Waals surface area contributed by atoms with Crippen LogP contribution in [0.15, 0.2) is 29.3 Å². The molecule has 0 aromatic heterocycles. The van der Waals surface area contributed by atoms with E-state index >= 15 is 0 Å². The first-order valence-electron chi connectivity index (χ1n) is 7.91. The van der Waals surface area contributed by atoms with Crippen molar-refractivity contribution in [2.24, 2.45) is 4.99 Å². The van der Waals surface area contributed by atoms with Gasteiger partial charge in [0.1, 0.15) is 0 Å². The Kier molecular flexibility index (Phi) is 11.2. The molecule has 0 saturated carbocycles. The molecule has 0 saturated heterocycles. The fourth-order valence-corrected chi connectivity index (χ4v) is 1.74. The molecule has 0 radical (unpaired) electrons. The number of rotatable bonds is 7. The maximum absolute atomic E-state index is 11.1. The summed E-state index contributed by atoms with van der Waals surface area (Å²) in [6.07, 6.45) is -0.486. The number of anilines is 1. The van der Waals surface area contributed by atoms with Crippen LogP contribution in [0.5, 0.6) is 0 Å². The highest BCUT2D eigenvalue weighted by atomic mass is 127. The van der Waals surface area contributed by atoms with Crippen LogP contribution in [-0.2, 0) is 16.0 Å². The van der Waals surface area contributed by atoms with Crippen molar-refractivity contribution in [2.75, 3.05) is 32.6 Å². The molecule has 0 fully saturated rings. The van der Waals surface area contributed by atoms with E-state index in [0.29, 0.717) is 18.8 Å². The third-order valence-corrected chi connectivity index (χ3v) is 3.38. The quantitative estimate of drug-likeness (QED) is 0.328. The minimum Gasteiger partial charge on any atom is -0.453 e. The lowest BCUT2D eigenvalue weighted by molar-refractivity contribution is 0.0268. The van der Waals surface area contributed by atoms with Gasteiger partial charge < -0.3 is 20.1 Å². The van der Waals surface area contributed by atoms with E-state index in [9.17, 15) is 4.79 Å². The van der Waals surface area contributed by atoms with Gasteiger partial charge in [-0.1, -0.05) is 12.1 Å². The summed E-state index contributed by atoms with van der Waals surface area (Å²) >= 11 is 0. The molecular formula is C17H29IN4O3. The number of amides is 1. The van der Waals surface area contributed by atoms with Crippen molar-refractivity contribution in [1.82, 2.24) is 10.6 Å². The highest BCUT2D eigenvalue weighted by molar-refractivity contribution is 14.0. The molecule has 1 aromatic rings. The van der Waals surface area contributed by atoms with E-state index in [2.05, 4.69) is 25.7 Å². The topological polar surface area (TPSA) is 84.0 Å². The molecular weight excluding hydrogens is 435 g/mol. The van der Waals surface area contributed by atoms with E-state index in [0.717, 1.165) is 18.1 Å². The van der Waals surface area contributed by atoms with Crippen LogP contribution in [-0.4, -0.2) is 45.0 Å². The molecule has 1 aromatic carbocycles. The molecule has 1 rings (SSSR count). The zero-order chi connectivity index (χ0) is 18.0. The third kappa shape index (κ3) is 9.49. The molecule has 0 aliphatic carbocycles. The Morgan fingerprint density at radius 1 is 1.16 bits per heavy atom. The molecule has 0 bridgehead atoms. The number of carbonyl (C=O) groups excluding carboxylic acids is 1. The number of hydrogen-bond acceptors (Lipinski definition) is 4. The largest absolute Gasteiger partial charge is 0.453 e. The van der Waals surface area contributed by atoms with Crippen LogP contribution < -0.4 is 16.0 Å². The maximum Gasteiger partial charge on any atom is 0.411 e. The van der Waals surface area contributed by atoms with Crippen molar-refractivity contribution in [3.8, 4) is 0 Å². The molecule has 0 aliphatic rings. The van der Waals surface area contributed by atoms with E-state index in [1.165, 1.54) is 7.11 Å². The van der Waals surface area contributed by atoms with E-state index in [1.54, 1.807) is 7.11 Å². The molecule has 0 aliphatic heterocycles. The standard InChI is InChI=1S/C17H28N4O3.HI/c1-6-18-15(20-12-17(2,3)24-5)19-11-13-7-9-14(10-8-13)21-16(22)23-4;/h7-10H,6,11-12H2,1-5H3,(H,21,22)(H2,18,19,20);1H. The monoisotopic (exact) mass is 464 g/mol. The van der Waals surface area contributed by atoms with E-state index in [4.69, 9.17) is 4.74 Å². The fraction of sp³-hybridized carbons (Fsp3) is 0.529. The highest BCUT2D eigenvalue weighted by Crippen LogP contribution is 2.11. The van der Waals surface area contributed by atoms with E-state index < -0.39 is 6.09 Å². The molecule has 7 nitrogen and oxygen atoms in total. The first kappa shape index (κ1) is 23.4. The summed E-state index contributed by atoms with van der Waals surface area (Å²) in [5.41, 5.74) is 1.45. The maximum atomic E-state index is 11.1. The van der Waals surface area contributed by atoms with Crippen molar-refractivity contribution in [3.63, 3.8) is 0 Å². The van der Waals surface area contributed by atoms with Crippen molar-refractivity contribution >= 4 is 41.7 Å². The lowest BCUT2D eigenvalue weighted by Crippen LogP contribution is -2.45. The van der Waals surface area contributed by atoms with Crippen LogP contribution in [0.2, 0.25) is 0 Å². The smallest absolute Gasteiger partial charge is 0.411 e. The Bertz CT molecular complexity index is 547. The van der Waals surface area contributed by atoms with Gasteiger partial charge in [0.2, 0.25) is 0 Å². The summed E-state index contributed by atoms with van der Waals surface area (Å²) in [6.45, 7) is 8.00. The molecule has 142 valence electrons. The predicted octanol–water partition coefficient (Wildman–Crippen LogP) is 2.96. The summed E-state index contributed by atoms with van der Waals surface area (Å²) in [4.78, 5) is 15.7. The van der Waals surface area contributed by atoms with Gasteiger partial charge in [-0.3, -0.25) is 5.32 Å². The number of nitrogens with zero attached hydrogens (tertiary/aromatic N) is 1. The summed E-state index contributed by atoms with van der Waals surface area (Å²) in [5, 5.41) is 9.08. The van der Waals surface area contributed by atoms with Crippen molar-refractivity contribution in [2.45, 2.75) is 32.9 Å². The Hall–Kier alpha value is -1.55. The third-order valence-electron chi connectivity index (χ3n) is 3.38. The molecule has 1 amide bonds. The predicted molar refractivity (Wildman–Crippen MR) is 112 cm³/mol. The molecule has 25 heavy (non-hydrogen) atoms. The first-order chi connectivity index (χ1) is 11.4. The molecule has 8 heteroatoms. The van der Waals surface area contributed by atoms with Crippen LogP contribution in [0.3, 0.4) is 0 Å². The Morgan fingerprint density at radius 2 is 1.80 bits per heavy atom. The van der Waals surface area contributed by atoms with Gasteiger partial charge in [-0.05, 0) is 38.5 Å². The Balaban J connectivity index is 0.00000576. The summed E-state index contributed by atoms with van der Waals surface area (Å²) < 4.78 is 9.95. The number of hydrogen-bond donors (Lipinski definition) is 3.